The van der Waals surface area contributed by atoms with Crippen molar-refractivity contribution in [3.8, 4) is 0 Å². The average Bonchev–Trinajstić information content (AvgIpc) is 2.90. The van der Waals surface area contributed by atoms with E-state index in [1.165, 1.54) is 11.3 Å². The van der Waals surface area contributed by atoms with Crippen LogP contribution in [-0.2, 0) is 0 Å². The number of piperidine rings is 1. The molecule has 0 spiro atoms. The molecule has 2 fully saturated rings. The molecule has 0 aromatic carbocycles. The van der Waals surface area contributed by atoms with Gasteiger partial charge in [0.05, 0.1) is 6.61 Å². The maximum Gasteiger partial charge on any atom is 0.317 e. The van der Waals surface area contributed by atoms with E-state index in [1.54, 1.807) is 0 Å². The van der Waals surface area contributed by atoms with Gasteiger partial charge in [-0.1, -0.05) is 0 Å². The number of urea groups is 1. The van der Waals surface area contributed by atoms with Crippen LogP contribution in [0.1, 0.15) is 24.8 Å². The van der Waals surface area contributed by atoms with Gasteiger partial charge in [-0.15, -0.1) is 0 Å². The van der Waals surface area contributed by atoms with E-state index >= 15 is 0 Å². The standard InChI is InChI=1S/C19H31N5O2/c1-16-15-20-6-3-18(16)23-7-2-8-24(12-11-23)19(26)21-17-4-9-22(10-5-17)13-14-25/h3,6,15,17,25H,2,4-5,7-14H2,1H3,(H,21,26). The lowest BCUT2D eigenvalue weighted by Gasteiger charge is -2.33. The maximum atomic E-state index is 12.7. The molecule has 7 nitrogen and oxygen atoms in total. The van der Waals surface area contributed by atoms with E-state index in [9.17, 15) is 4.79 Å². The number of anilines is 1. The third kappa shape index (κ3) is 4.86. The van der Waals surface area contributed by atoms with Crippen LogP contribution in [0.4, 0.5) is 10.5 Å². The predicted octanol–water partition coefficient (Wildman–Crippen LogP) is 1.07. The number of likely N-dealkylation sites (tertiary alicyclic amines) is 1. The van der Waals surface area contributed by atoms with E-state index < -0.39 is 0 Å². The summed E-state index contributed by atoms with van der Waals surface area (Å²) in [6.45, 7) is 8.28. The van der Waals surface area contributed by atoms with Crippen molar-refractivity contribution < 1.29 is 9.90 Å². The molecule has 3 heterocycles. The number of aryl methyl sites for hydroxylation is 1. The summed E-state index contributed by atoms with van der Waals surface area (Å²) in [4.78, 5) is 23.4. The number of aliphatic hydroxyl groups is 1. The highest BCUT2D eigenvalue weighted by molar-refractivity contribution is 5.74. The molecule has 7 heteroatoms. The Kier molecular flexibility index (Phi) is 6.68. The van der Waals surface area contributed by atoms with Gasteiger partial charge < -0.3 is 25.1 Å². The van der Waals surface area contributed by atoms with Crippen LogP contribution in [0.25, 0.3) is 0 Å². The monoisotopic (exact) mass is 361 g/mol. The van der Waals surface area contributed by atoms with E-state index in [2.05, 4.69) is 33.1 Å². The number of carbonyl (C=O) groups excluding carboxylic acids is 1. The summed E-state index contributed by atoms with van der Waals surface area (Å²) in [5.74, 6) is 0. The van der Waals surface area contributed by atoms with Crippen LogP contribution in [0.2, 0.25) is 0 Å². The zero-order valence-corrected chi connectivity index (χ0v) is 15.7. The van der Waals surface area contributed by atoms with Crippen molar-refractivity contribution in [3.63, 3.8) is 0 Å². The molecule has 2 aliphatic heterocycles. The number of aliphatic hydroxyl groups excluding tert-OH is 1. The van der Waals surface area contributed by atoms with Gasteiger partial charge >= 0.3 is 6.03 Å². The summed E-state index contributed by atoms with van der Waals surface area (Å²) < 4.78 is 0. The smallest absolute Gasteiger partial charge is 0.317 e. The molecule has 2 saturated heterocycles. The zero-order valence-electron chi connectivity index (χ0n) is 15.7. The van der Waals surface area contributed by atoms with E-state index in [0.717, 1.165) is 65.1 Å². The van der Waals surface area contributed by atoms with Gasteiger partial charge in [0.1, 0.15) is 0 Å². The highest BCUT2D eigenvalue weighted by Gasteiger charge is 2.24. The van der Waals surface area contributed by atoms with Crippen LogP contribution in [0, 0.1) is 6.92 Å². The van der Waals surface area contributed by atoms with Crippen molar-refractivity contribution in [1.29, 1.82) is 0 Å². The Morgan fingerprint density at radius 1 is 1.23 bits per heavy atom. The molecule has 3 rings (SSSR count). The van der Waals surface area contributed by atoms with Crippen molar-refractivity contribution in [1.82, 2.24) is 20.1 Å². The first-order valence-corrected chi connectivity index (χ1v) is 9.71. The molecule has 0 radical (unpaired) electrons. The van der Waals surface area contributed by atoms with Crippen molar-refractivity contribution in [2.75, 3.05) is 57.3 Å². The molecule has 2 amide bonds. The number of nitrogens with zero attached hydrogens (tertiary/aromatic N) is 4. The number of nitrogens with one attached hydrogen (secondary N) is 1. The summed E-state index contributed by atoms with van der Waals surface area (Å²) >= 11 is 0. The Morgan fingerprint density at radius 2 is 2.04 bits per heavy atom. The minimum atomic E-state index is 0.0684. The van der Waals surface area contributed by atoms with E-state index in [-0.39, 0.29) is 18.7 Å². The van der Waals surface area contributed by atoms with Crippen LogP contribution < -0.4 is 10.2 Å². The van der Waals surface area contributed by atoms with Crippen molar-refractivity contribution in [2.45, 2.75) is 32.2 Å². The first-order chi connectivity index (χ1) is 12.7. The maximum absolute atomic E-state index is 12.7. The van der Waals surface area contributed by atoms with E-state index in [4.69, 9.17) is 5.11 Å². The van der Waals surface area contributed by atoms with Gasteiger partial charge in [0, 0.05) is 69.9 Å². The Morgan fingerprint density at radius 3 is 2.77 bits per heavy atom. The fourth-order valence-corrected chi connectivity index (χ4v) is 3.89. The molecule has 0 bridgehead atoms. The third-order valence-corrected chi connectivity index (χ3v) is 5.45. The zero-order chi connectivity index (χ0) is 18.4. The summed E-state index contributed by atoms with van der Waals surface area (Å²) in [5, 5.41) is 12.2. The molecule has 0 atom stereocenters. The number of hydrogen-bond acceptors (Lipinski definition) is 5. The second-order valence-corrected chi connectivity index (χ2v) is 7.28. The minimum Gasteiger partial charge on any atom is -0.395 e. The van der Waals surface area contributed by atoms with Crippen LogP contribution in [0.15, 0.2) is 18.5 Å². The normalized spacial score (nSPS) is 20.1. The number of β-amino-alcohol motifs (C(OH)–C–C–N with tert-alkyl or cyclic N) is 1. The van der Waals surface area contributed by atoms with Gasteiger partial charge in [0.2, 0.25) is 0 Å². The van der Waals surface area contributed by atoms with Crippen molar-refractivity contribution >= 4 is 11.7 Å². The second-order valence-electron chi connectivity index (χ2n) is 7.28. The van der Waals surface area contributed by atoms with Crippen LogP contribution in [-0.4, -0.2) is 84.4 Å². The first kappa shape index (κ1) is 18.9. The number of carbonyl (C=O) groups is 1. The SMILES string of the molecule is Cc1cnccc1N1CCCN(C(=O)NC2CCN(CCO)CC2)CC1. The summed E-state index contributed by atoms with van der Waals surface area (Å²) in [5.41, 5.74) is 2.40. The molecule has 1 aromatic heterocycles. The fraction of sp³-hybridized carbons (Fsp3) is 0.684. The van der Waals surface area contributed by atoms with Gasteiger partial charge in [0.15, 0.2) is 0 Å². The fourth-order valence-electron chi connectivity index (χ4n) is 3.89. The number of hydrogen-bond donors (Lipinski definition) is 2. The summed E-state index contributed by atoms with van der Waals surface area (Å²) in [6, 6.07) is 2.38. The molecule has 2 aliphatic rings. The Hall–Kier alpha value is -1.86. The molecular weight excluding hydrogens is 330 g/mol. The summed E-state index contributed by atoms with van der Waals surface area (Å²) in [6.07, 6.45) is 6.63. The minimum absolute atomic E-state index is 0.0684. The highest BCUT2D eigenvalue weighted by Crippen LogP contribution is 2.20. The topological polar surface area (TPSA) is 71.9 Å². The van der Waals surface area contributed by atoms with E-state index in [0.29, 0.717) is 0 Å². The lowest BCUT2D eigenvalue weighted by atomic mass is 10.1. The largest absolute Gasteiger partial charge is 0.395 e. The Bertz CT molecular complexity index is 589. The summed E-state index contributed by atoms with van der Waals surface area (Å²) in [7, 11) is 0. The van der Waals surface area contributed by atoms with Gasteiger partial charge in [-0.2, -0.15) is 0 Å². The van der Waals surface area contributed by atoms with Gasteiger partial charge in [-0.25, -0.2) is 4.79 Å². The predicted molar refractivity (Wildman–Crippen MR) is 102 cm³/mol. The van der Waals surface area contributed by atoms with Crippen LogP contribution in [0.5, 0.6) is 0 Å². The van der Waals surface area contributed by atoms with Gasteiger partial charge in [0.25, 0.3) is 0 Å². The van der Waals surface area contributed by atoms with E-state index in [1.807, 2.05) is 17.3 Å². The molecule has 0 unspecified atom stereocenters. The number of aromatic nitrogens is 1. The quantitative estimate of drug-likeness (QED) is 0.839. The number of pyridine rings is 1. The molecule has 2 N–H and O–H groups in total. The van der Waals surface area contributed by atoms with Crippen LogP contribution in [0.3, 0.4) is 0 Å². The third-order valence-electron chi connectivity index (χ3n) is 5.45. The lowest BCUT2D eigenvalue weighted by molar-refractivity contribution is 0.151. The van der Waals surface area contributed by atoms with Crippen LogP contribution >= 0.6 is 0 Å². The van der Waals surface area contributed by atoms with Crippen molar-refractivity contribution in [2.24, 2.45) is 0 Å². The second kappa shape index (κ2) is 9.19. The average molecular weight is 361 g/mol. The van der Waals surface area contributed by atoms with Gasteiger partial charge in [-0.3, -0.25) is 4.98 Å². The lowest BCUT2D eigenvalue weighted by Crippen LogP contribution is -2.50. The van der Waals surface area contributed by atoms with Gasteiger partial charge in [-0.05, 0) is 37.8 Å². The molecule has 144 valence electrons. The number of amides is 2. The molecule has 0 saturated carbocycles. The Labute approximate surface area is 156 Å². The molecule has 0 aliphatic carbocycles. The van der Waals surface area contributed by atoms with Crippen molar-refractivity contribution in [3.05, 3.63) is 24.0 Å². The Balaban J connectivity index is 1.48. The molecule has 26 heavy (non-hydrogen) atoms. The highest BCUT2D eigenvalue weighted by atomic mass is 16.3. The molecular formula is C19H31N5O2. The number of rotatable bonds is 4. The molecule has 1 aromatic rings. The first-order valence-electron chi connectivity index (χ1n) is 9.71.